The molecule has 6 unspecified atom stereocenters. The maximum absolute atomic E-state index is 13.2. The number of hydrogen-bond acceptors (Lipinski definition) is 18. The number of rotatable bonds is 34. The lowest BCUT2D eigenvalue weighted by molar-refractivity contribution is -0.159. The molecule has 6 N–H and O–H groups in total. The molecule has 0 bridgehead atoms. The Morgan fingerprint density at radius 2 is 1.40 bits per heavy atom. The molecule has 446 valence electrons. The van der Waals surface area contributed by atoms with Gasteiger partial charge in [0, 0.05) is 71.4 Å². The van der Waals surface area contributed by atoms with Crippen molar-refractivity contribution in [3.63, 3.8) is 0 Å². The summed E-state index contributed by atoms with van der Waals surface area (Å²) in [5, 5.41) is 11.5. The Kier molecular flexibility index (Phi) is 25.8. The van der Waals surface area contributed by atoms with Crippen molar-refractivity contribution in [2.45, 2.75) is 167 Å². The number of nitrogens with one attached hydrogen (secondary N) is 4. The number of nitrogens with two attached hydrogens (primary N) is 1. The average Bonchev–Trinajstić information content (AvgIpc) is 4.30. The molecule has 81 heavy (non-hydrogen) atoms. The fourth-order valence-electron chi connectivity index (χ4n) is 9.71. The highest BCUT2D eigenvalue weighted by molar-refractivity contribution is 7.48. The molecular formula is C56H84N9O14PSi. The van der Waals surface area contributed by atoms with Gasteiger partial charge >= 0.3 is 22.4 Å². The van der Waals surface area contributed by atoms with Crippen molar-refractivity contribution in [3.8, 4) is 0 Å². The van der Waals surface area contributed by atoms with Crippen LogP contribution in [0.2, 0.25) is 11.1 Å². The highest BCUT2D eigenvalue weighted by Crippen LogP contribution is 2.56. The topological polar surface area (TPSA) is 302 Å². The molecule has 4 heterocycles. The van der Waals surface area contributed by atoms with Gasteiger partial charge in [0.2, 0.25) is 17.7 Å². The first-order valence-corrected chi connectivity index (χ1v) is 31.2. The number of aromatic nitrogens is 4. The molecule has 4 amide bonds. The van der Waals surface area contributed by atoms with Crippen LogP contribution in [0, 0.1) is 0 Å². The Hall–Kier alpha value is -5.98. The number of nitrogens with zero attached hydrogens (tertiary/aromatic N) is 4. The Labute approximate surface area is 477 Å². The SMILES string of the molecule is COP1(=O)OCC2OC(n3cnc4c(N)ncnc43)C(OC(=O)CCC(=O)NCCCCCCO[Si](OCCCCCCNC(=O)C(CCCCNC(=O)c3ccc(C(=O)c4ccccc4)cc3)NC(C)=O)(C(C)C)C(C)C)C2O1.[3H]C. The van der Waals surface area contributed by atoms with Gasteiger partial charge in [0.1, 0.15) is 30.1 Å². The number of amides is 4. The summed E-state index contributed by atoms with van der Waals surface area (Å²) < 4.78 is 61.4. The number of phosphoric ester groups is 1. The van der Waals surface area contributed by atoms with E-state index in [1.54, 1.807) is 48.5 Å². The number of ketones is 1. The normalized spacial score (nSPS) is 19.2. The lowest BCUT2D eigenvalue weighted by Crippen LogP contribution is -2.48. The van der Waals surface area contributed by atoms with Crippen LogP contribution in [-0.2, 0) is 55.6 Å². The van der Waals surface area contributed by atoms with Crippen molar-refractivity contribution < 1.29 is 66.6 Å². The fourth-order valence-corrected chi connectivity index (χ4v) is 14.5. The third-order valence-electron chi connectivity index (χ3n) is 14.0. The van der Waals surface area contributed by atoms with Gasteiger partial charge in [-0.05, 0) is 68.2 Å². The van der Waals surface area contributed by atoms with Crippen LogP contribution in [-0.4, -0.2) is 134 Å². The number of ether oxygens (including phenoxy) is 2. The predicted molar refractivity (Wildman–Crippen MR) is 306 cm³/mol. The second kappa shape index (κ2) is 32.6. The van der Waals surface area contributed by atoms with E-state index >= 15 is 0 Å². The lowest BCUT2D eigenvalue weighted by atomic mass is 10.0. The number of imidazole rings is 1. The summed E-state index contributed by atoms with van der Waals surface area (Å²) in [5.74, 6) is -1.73. The number of carbonyl (C=O) groups is 6. The number of benzene rings is 2. The molecule has 2 aromatic heterocycles. The predicted octanol–water partition coefficient (Wildman–Crippen LogP) is 7.79. The van der Waals surface area contributed by atoms with E-state index in [2.05, 4.69) is 63.9 Å². The van der Waals surface area contributed by atoms with Gasteiger partial charge in [-0.15, -0.1) is 0 Å². The van der Waals surface area contributed by atoms with Gasteiger partial charge in [0.05, 0.1) is 19.4 Å². The molecule has 2 saturated heterocycles. The van der Waals surface area contributed by atoms with Crippen molar-refractivity contribution in [3.05, 3.63) is 83.9 Å². The van der Waals surface area contributed by atoms with Crippen LogP contribution in [0.25, 0.3) is 11.2 Å². The van der Waals surface area contributed by atoms with Crippen LogP contribution in [0.4, 0.5) is 5.82 Å². The molecule has 0 aliphatic carbocycles. The van der Waals surface area contributed by atoms with E-state index in [-0.39, 0.29) is 65.8 Å². The van der Waals surface area contributed by atoms with Crippen LogP contribution < -0.4 is 27.0 Å². The van der Waals surface area contributed by atoms with Crippen LogP contribution in [0.5, 0.6) is 0 Å². The summed E-state index contributed by atoms with van der Waals surface area (Å²) in [7, 11) is -4.07. The average molecular weight is 1170 g/mol. The molecule has 2 aliphatic heterocycles. The minimum Gasteiger partial charge on any atom is -0.455 e. The van der Waals surface area contributed by atoms with E-state index in [0.717, 1.165) is 51.4 Å². The maximum atomic E-state index is 13.2. The summed E-state index contributed by atoms with van der Waals surface area (Å²) in [6.07, 6.45) is 6.95. The molecule has 25 heteroatoms. The first-order valence-electron chi connectivity index (χ1n) is 28.8. The zero-order valence-electron chi connectivity index (χ0n) is 48.9. The zero-order chi connectivity index (χ0) is 59.7. The van der Waals surface area contributed by atoms with Gasteiger partial charge in [-0.1, -0.05) is 103 Å². The number of unbranched alkanes of at least 4 members (excludes halogenated alkanes) is 7. The minimum atomic E-state index is -3.95. The molecule has 6 atom stereocenters. The van der Waals surface area contributed by atoms with E-state index in [9.17, 15) is 33.3 Å². The largest absolute Gasteiger partial charge is 0.475 e. The molecule has 0 spiro atoms. The molecular weight excluding hydrogens is 1080 g/mol. The minimum absolute atomic E-state index is 0.108. The van der Waals surface area contributed by atoms with Gasteiger partial charge in [0.15, 0.2) is 29.6 Å². The number of nitrogen functional groups attached to an aromatic ring is 1. The summed E-state index contributed by atoms with van der Waals surface area (Å²) in [6, 6.07) is 14.8. The van der Waals surface area contributed by atoms with Crippen LogP contribution in [0.15, 0.2) is 67.3 Å². The molecule has 0 saturated carbocycles. The number of esters is 1. The highest BCUT2D eigenvalue weighted by atomic mass is 31.2. The summed E-state index contributed by atoms with van der Waals surface area (Å²) >= 11 is 0. The highest BCUT2D eigenvalue weighted by Gasteiger charge is 2.56. The quantitative estimate of drug-likeness (QED) is 0.00980. The molecule has 2 aliphatic rings. The molecule has 0 radical (unpaired) electrons. The lowest BCUT2D eigenvalue weighted by Gasteiger charge is -2.37. The van der Waals surface area contributed by atoms with Gasteiger partial charge in [-0.3, -0.25) is 46.9 Å². The van der Waals surface area contributed by atoms with Crippen LogP contribution >= 0.6 is 7.82 Å². The Bertz CT molecular complexity index is 2720. The van der Waals surface area contributed by atoms with E-state index in [1.165, 1.54) is 38.7 Å². The first-order chi connectivity index (χ1) is 39.4. The Morgan fingerprint density at radius 1 is 0.790 bits per heavy atom. The summed E-state index contributed by atoms with van der Waals surface area (Å²) in [5.41, 5.74) is 8.62. The number of carbonyl (C=O) groups excluding carboxylic acids is 6. The monoisotopic (exact) mass is 1170 g/mol. The molecule has 2 aromatic carbocycles. The second-order valence-electron chi connectivity index (χ2n) is 20.6. The van der Waals surface area contributed by atoms with Crippen molar-refractivity contribution >= 4 is 68.7 Å². The molecule has 2 fully saturated rings. The zero-order valence-corrected chi connectivity index (χ0v) is 49.8. The van der Waals surface area contributed by atoms with Gasteiger partial charge in [0.25, 0.3) is 5.91 Å². The van der Waals surface area contributed by atoms with E-state index in [4.69, 9.17) is 39.0 Å². The van der Waals surface area contributed by atoms with Crippen molar-refractivity contribution in [1.29, 1.82) is 0 Å². The standard InChI is InChI=1S/C55H80N9O14PSi.CH4/c1-37(2)80(38(3)4,75-33-19-10-8-16-30-59-54(70)43(63-39(5)65)22-14-17-31-58-53(69)42-25-23-41(24-26-42)48(68)40-20-12-11-13-21-40)74-32-18-9-7-15-29-57-45(66)27-28-46(67)77-50-49-44(34-73-79(71,72-6)78-49)76-55(50)64-36-62-47-51(56)60-35-61-52(47)64;/h11-13,20-21,23-26,35-38,43-44,49-50,55H,7-10,14-19,22,27-34H2,1-6H3,(H,57,66)(H,58,69)(H,59,70)(H,63,65)(H2,56,60,61);1H4/i;1T. The Morgan fingerprint density at radius 3 is 2.04 bits per heavy atom. The number of fused-ring (bicyclic) bond motifs is 2. The van der Waals surface area contributed by atoms with Crippen molar-refractivity contribution in [1.82, 2.24) is 40.8 Å². The number of anilines is 1. The first kappa shape index (κ1) is 64.2. The van der Waals surface area contributed by atoms with Crippen LogP contribution in [0.1, 0.15) is 159 Å². The van der Waals surface area contributed by atoms with Gasteiger partial charge in [-0.25, -0.2) is 19.5 Å². The third kappa shape index (κ3) is 19.0. The van der Waals surface area contributed by atoms with Gasteiger partial charge in [-0.2, -0.15) is 0 Å². The van der Waals surface area contributed by atoms with Crippen molar-refractivity contribution in [2.75, 3.05) is 52.3 Å². The van der Waals surface area contributed by atoms with Crippen LogP contribution in [0.3, 0.4) is 0 Å². The van der Waals surface area contributed by atoms with E-state index in [1.807, 2.05) is 6.07 Å². The smallest absolute Gasteiger partial charge is 0.455 e. The molecule has 6 rings (SSSR count). The van der Waals surface area contributed by atoms with Crippen molar-refractivity contribution in [2.24, 2.45) is 0 Å². The van der Waals surface area contributed by atoms with E-state index < -0.39 is 52.9 Å². The van der Waals surface area contributed by atoms with Gasteiger partial charge < -0.3 is 45.3 Å². The summed E-state index contributed by atoms with van der Waals surface area (Å²) in [4.78, 5) is 88.9. The summed E-state index contributed by atoms with van der Waals surface area (Å²) in [6.45, 7) is 12.4. The molecule has 23 nitrogen and oxygen atoms in total. The number of phosphoric acid groups is 1. The third-order valence-corrected chi connectivity index (χ3v) is 20.0. The number of hydrogen-bond donors (Lipinski definition) is 5. The maximum Gasteiger partial charge on any atom is 0.475 e. The fraction of sp³-hybridized carbons (Fsp3) is 0.589. The Balaban J connectivity index is 0.00000609. The second-order valence-corrected chi connectivity index (χ2v) is 26.6. The molecule has 4 aromatic rings. The van der Waals surface area contributed by atoms with E-state index in [0.29, 0.717) is 80.0 Å².